The predicted molar refractivity (Wildman–Crippen MR) is 303 cm³/mol. The summed E-state index contributed by atoms with van der Waals surface area (Å²) < 4.78 is 6.40. The first-order chi connectivity index (χ1) is 35.4. The molecule has 0 atom stereocenters. The molecule has 3 aliphatic rings. The number of aromatic amines is 2. The number of nitrogens with zero attached hydrogens (tertiary/aromatic N) is 3. The summed E-state index contributed by atoms with van der Waals surface area (Å²) in [5.41, 5.74) is 22.1. The third-order valence-electron chi connectivity index (χ3n) is 14.0. The monoisotopic (exact) mass is 953 g/mol. The van der Waals surface area contributed by atoms with Crippen molar-refractivity contribution in [3.05, 3.63) is 209 Å². The Labute approximate surface area is 425 Å². The van der Waals surface area contributed by atoms with E-state index < -0.39 is 0 Å². The lowest BCUT2D eigenvalue weighted by molar-refractivity contribution is 0.305. The lowest BCUT2D eigenvalue weighted by Gasteiger charge is -2.32. The van der Waals surface area contributed by atoms with Crippen LogP contribution in [0.1, 0.15) is 65.1 Å². The standard InChI is InChI=1S/C65H55N5OS/c1-42-16-22-45(23-17-42)62-50-32-34-52(66-50)63(46-24-18-43(2)19-25-46)54-36-38-56(68-54)65(57-39-37-55(69-57)64(53-35-33-51(62)67-53)47-26-20-44(3)21-27-47)48-28-30-49(31-29-48)71-41-11-5-4-10-40-70-58-12-6-8-14-60(58)72-61-15-9-7-13-59(61)70/h6-9,12-39,66,69H,4-5,10-11,40-41H2,1-3H3. The predicted octanol–water partition coefficient (Wildman–Crippen LogP) is 17.5. The molecule has 0 saturated carbocycles. The van der Waals surface area contributed by atoms with Crippen LogP contribution in [-0.2, 0) is 0 Å². The van der Waals surface area contributed by atoms with Crippen LogP contribution in [0.2, 0.25) is 0 Å². The summed E-state index contributed by atoms with van der Waals surface area (Å²) in [5, 5.41) is 0. The molecule has 0 spiro atoms. The second-order valence-electron chi connectivity index (χ2n) is 19.1. The van der Waals surface area contributed by atoms with Gasteiger partial charge in [-0.1, -0.05) is 150 Å². The maximum Gasteiger partial charge on any atom is 0.119 e. The largest absolute Gasteiger partial charge is 0.494 e. The fourth-order valence-corrected chi connectivity index (χ4v) is 11.3. The minimum absolute atomic E-state index is 0.674. The van der Waals surface area contributed by atoms with Crippen LogP contribution in [0.5, 0.6) is 5.75 Å². The maximum absolute atomic E-state index is 6.40. The van der Waals surface area contributed by atoms with Crippen molar-refractivity contribution < 1.29 is 4.74 Å². The van der Waals surface area contributed by atoms with E-state index in [2.05, 4.69) is 230 Å². The van der Waals surface area contributed by atoms with E-state index in [9.17, 15) is 0 Å². The molecule has 0 amide bonds. The average molecular weight is 954 g/mol. The van der Waals surface area contributed by atoms with Crippen LogP contribution in [0.4, 0.5) is 11.4 Å². The third-order valence-corrected chi connectivity index (χ3v) is 15.1. The molecule has 3 aliphatic heterocycles. The van der Waals surface area contributed by atoms with Gasteiger partial charge in [-0.15, -0.1) is 0 Å². The minimum atomic E-state index is 0.674. The Morgan fingerprint density at radius 2 is 0.764 bits per heavy atom. The molecular formula is C65H55N5OS. The number of hydrogen-bond acceptors (Lipinski definition) is 5. The number of benzene rings is 6. The molecule has 6 aromatic carbocycles. The maximum atomic E-state index is 6.40. The fraction of sp³-hybridized carbons (Fsp3) is 0.138. The molecule has 72 heavy (non-hydrogen) atoms. The van der Waals surface area contributed by atoms with Crippen molar-refractivity contribution in [3.63, 3.8) is 0 Å². The van der Waals surface area contributed by atoms with Crippen LogP contribution in [-0.4, -0.2) is 33.1 Å². The molecule has 6 nitrogen and oxygen atoms in total. The summed E-state index contributed by atoms with van der Waals surface area (Å²) in [4.78, 5) is 23.9. The van der Waals surface area contributed by atoms with Gasteiger partial charge in [-0.05, 0) is 141 Å². The van der Waals surface area contributed by atoms with Crippen molar-refractivity contribution in [3.8, 4) is 50.3 Å². The Morgan fingerprint density at radius 3 is 1.17 bits per heavy atom. The number of unbranched alkanes of at least 4 members (excludes halogenated alkanes) is 3. The molecule has 2 N–H and O–H groups in total. The quantitative estimate of drug-likeness (QED) is 0.119. The Bertz CT molecular complexity index is 3620. The van der Waals surface area contributed by atoms with E-state index in [4.69, 9.17) is 14.7 Å². The first-order valence-electron chi connectivity index (χ1n) is 25.1. The highest BCUT2D eigenvalue weighted by Crippen LogP contribution is 2.48. The van der Waals surface area contributed by atoms with Crippen molar-refractivity contribution in [2.75, 3.05) is 18.1 Å². The van der Waals surface area contributed by atoms with Crippen LogP contribution in [0.3, 0.4) is 0 Å². The van der Waals surface area contributed by atoms with Crippen LogP contribution >= 0.6 is 11.8 Å². The Hall–Kier alpha value is -8.13. The Balaban J connectivity index is 0.901. The van der Waals surface area contributed by atoms with Gasteiger partial charge in [-0.25, -0.2) is 9.97 Å². The second-order valence-corrected chi connectivity index (χ2v) is 20.2. The molecule has 9 aromatic rings. The number of rotatable bonds is 12. The molecule has 0 aliphatic carbocycles. The zero-order valence-corrected chi connectivity index (χ0v) is 41.7. The van der Waals surface area contributed by atoms with Crippen LogP contribution in [0.25, 0.3) is 90.9 Å². The van der Waals surface area contributed by atoms with Gasteiger partial charge >= 0.3 is 0 Å². The molecule has 0 saturated heterocycles. The highest BCUT2D eigenvalue weighted by Gasteiger charge is 2.23. The molecule has 0 unspecified atom stereocenters. The fourth-order valence-electron chi connectivity index (χ4n) is 10.2. The number of fused-ring (bicyclic) bond motifs is 10. The molecule has 12 rings (SSSR count). The normalized spacial score (nSPS) is 12.5. The molecule has 7 heteroatoms. The summed E-state index contributed by atoms with van der Waals surface area (Å²) in [7, 11) is 0. The van der Waals surface area contributed by atoms with E-state index in [1.165, 1.54) is 37.9 Å². The Kier molecular flexibility index (Phi) is 12.2. The van der Waals surface area contributed by atoms with Crippen molar-refractivity contribution in [2.45, 2.75) is 56.2 Å². The van der Waals surface area contributed by atoms with Crippen LogP contribution in [0.15, 0.2) is 180 Å². The SMILES string of the molecule is Cc1ccc(-c2c3nc(c(-c4ccc(C)cc4)c4ccc([nH]4)c(-c4ccc(OCCCCCCN5c6ccccc6Sc6ccccc65)cc4)c4nc(c(-c5ccc(C)cc5)c5ccc2[nH]5)C=C4)C=C3)cc1. The van der Waals surface area contributed by atoms with Crippen LogP contribution < -0.4 is 9.64 Å². The first-order valence-corrected chi connectivity index (χ1v) is 26.0. The van der Waals surface area contributed by atoms with E-state index in [-0.39, 0.29) is 0 Å². The lowest BCUT2D eigenvalue weighted by atomic mass is 10.0. The molecular weight excluding hydrogens is 899 g/mol. The molecule has 6 heterocycles. The molecule has 0 radical (unpaired) electrons. The number of H-pyrrole nitrogens is 2. The van der Waals surface area contributed by atoms with Gasteiger partial charge in [0.2, 0.25) is 0 Å². The van der Waals surface area contributed by atoms with Crippen molar-refractivity contribution >= 4 is 69.5 Å². The van der Waals surface area contributed by atoms with E-state index in [1.54, 1.807) is 0 Å². The summed E-state index contributed by atoms with van der Waals surface area (Å²) in [6.07, 6.45) is 13.0. The summed E-state index contributed by atoms with van der Waals surface area (Å²) >= 11 is 1.87. The number of para-hydroxylation sites is 2. The van der Waals surface area contributed by atoms with Crippen molar-refractivity contribution in [2.24, 2.45) is 0 Å². The number of ether oxygens (including phenoxy) is 1. The van der Waals surface area contributed by atoms with Gasteiger partial charge in [-0.2, -0.15) is 0 Å². The number of hydrogen-bond donors (Lipinski definition) is 2. The molecule has 0 fully saturated rings. The summed E-state index contributed by atoms with van der Waals surface area (Å²) in [6, 6.07) is 61.1. The molecule has 352 valence electrons. The van der Waals surface area contributed by atoms with Gasteiger partial charge in [0.25, 0.3) is 0 Å². The molecule has 3 aromatic heterocycles. The number of aryl methyl sites for hydroxylation is 3. The zero-order chi connectivity index (χ0) is 48.5. The average Bonchev–Trinajstić information content (AvgIpc) is 4.27. The minimum Gasteiger partial charge on any atom is -0.494 e. The summed E-state index contributed by atoms with van der Waals surface area (Å²) in [5.74, 6) is 0.863. The van der Waals surface area contributed by atoms with E-state index >= 15 is 0 Å². The van der Waals surface area contributed by atoms with Crippen LogP contribution in [0, 0.1) is 20.8 Å². The molecule has 8 bridgehead atoms. The Morgan fingerprint density at radius 1 is 0.403 bits per heavy atom. The van der Waals surface area contributed by atoms with Gasteiger partial charge < -0.3 is 19.6 Å². The highest BCUT2D eigenvalue weighted by molar-refractivity contribution is 7.99. The summed E-state index contributed by atoms with van der Waals surface area (Å²) in [6.45, 7) is 8.06. The van der Waals surface area contributed by atoms with E-state index in [1.807, 2.05) is 11.8 Å². The number of anilines is 2. The third kappa shape index (κ3) is 8.97. The zero-order valence-electron chi connectivity index (χ0n) is 40.9. The second kappa shape index (κ2) is 19.6. The van der Waals surface area contributed by atoms with Gasteiger partial charge in [0.15, 0.2) is 0 Å². The van der Waals surface area contributed by atoms with Gasteiger partial charge in [0, 0.05) is 60.7 Å². The van der Waals surface area contributed by atoms with Crippen molar-refractivity contribution in [1.29, 1.82) is 0 Å². The smallest absolute Gasteiger partial charge is 0.119 e. The lowest BCUT2D eigenvalue weighted by Crippen LogP contribution is -2.21. The topological polar surface area (TPSA) is 69.8 Å². The number of aromatic nitrogens is 4. The van der Waals surface area contributed by atoms with E-state index in [0.717, 1.165) is 127 Å². The number of nitrogens with one attached hydrogen (secondary N) is 2. The van der Waals surface area contributed by atoms with Gasteiger partial charge in [-0.3, -0.25) is 0 Å². The van der Waals surface area contributed by atoms with E-state index in [0.29, 0.717) is 6.61 Å². The first kappa shape index (κ1) is 45.0. The highest BCUT2D eigenvalue weighted by atomic mass is 32.2. The van der Waals surface area contributed by atoms with Gasteiger partial charge in [0.05, 0.1) is 40.8 Å². The van der Waals surface area contributed by atoms with Crippen molar-refractivity contribution in [1.82, 2.24) is 19.9 Å². The van der Waals surface area contributed by atoms with Gasteiger partial charge in [0.1, 0.15) is 5.75 Å².